The van der Waals surface area contributed by atoms with E-state index in [0.717, 1.165) is 5.69 Å². The van der Waals surface area contributed by atoms with E-state index in [0.29, 0.717) is 21.4 Å². The van der Waals surface area contributed by atoms with E-state index in [1.165, 1.54) is 0 Å². The summed E-state index contributed by atoms with van der Waals surface area (Å²) >= 11 is 5.26. The van der Waals surface area contributed by atoms with Crippen LogP contribution in [0.25, 0.3) is 11.2 Å². The number of aryl methyl sites for hydroxylation is 1. The zero-order valence-electron chi connectivity index (χ0n) is 11.2. The molecule has 0 saturated carbocycles. The summed E-state index contributed by atoms with van der Waals surface area (Å²) < 4.78 is 5.85. The molecule has 3 rings (SSSR count). The van der Waals surface area contributed by atoms with Gasteiger partial charge in [-0.1, -0.05) is 12.2 Å². The molecule has 0 radical (unpaired) electrons. The monoisotopic (exact) mass is 309 g/mol. The number of H-pyrrole nitrogens is 1. The fourth-order valence-electron chi connectivity index (χ4n) is 2.45. The third-order valence-corrected chi connectivity index (χ3v) is 3.89. The smallest absolute Gasteiger partial charge is 0.157 e. The van der Waals surface area contributed by atoms with Gasteiger partial charge in [-0.3, -0.25) is 0 Å². The predicted molar refractivity (Wildman–Crippen MR) is 76.2 cm³/mol. The Kier molecular flexibility index (Phi) is 3.72. The van der Waals surface area contributed by atoms with Crippen LogP contribution in [-0.4, -0.2) is 55.2 Å². The zero-order valence-corrected chi connectivity index (χ0v) is 12.0. The summed E-state index contributed by atoms with van der Waals surface area (Å²) in [6.07, 6.45) is -2.34. The Morgan fingerprint density at radius 1 is 1.38 bits per heavy atom. The van der Waals surface area contributed by atoms with Gasteiger partial charge >= 0.3 is 0 Å². The number of ether oxygens (including phenoxy) is 1. The molecule has 1 aliphatic heterocycles. The first-order valence-corrected chi connectivity index (χ1v) is 6.91. The van der Waals surface area contributed by atoms with Gasteiger partial charge in [-0.25, -0.2) is 9.97 Å². The molecule has 1 aliphatic rings. The van der Waals surface area contributed by atoms with Crippen LogP contribution in [0.1, 0.15) is 17.4 Å². The summed E-state index contributed by atoms with van der Waals surface area (Å²) in [6.45, 7) is 1.44. The summed E-state index contributed by atoms with van der Waals surface area (Å²) in [4.78, 5) is 11.5. The van der Waals surface area contributed by atoms with E-state index >= 15 is 0 Å². The molecule has 0 aromatic carbocycles. The molecular formula is C13H15N3O4S. The first-order valence-electron chi connectivity index (χ1n) is 6.50. The van der Waals surface area contributed by atoms with Crippen molar-refractivity contribution < 1.29 is 20.1 Å². The Bertz CT molecular complexity index is 735. The van der Waals surface area contributed by atoms with E-state index in [2.05, 4.69) is 15.0 Å². The van der Waals surface area contributed by atoms with E-state index in [1.807, 2.05) is 6.92 Å². The first-order chi connectivity index (χ1) is 10.0. The number of nitrogens with one attached hydrogen (secondary N) is 1. The van der Waals surface area contributed by atoms with Crippen molar-refractivity contribution in [3.8, 4) is 0 Å². The molecule has 0 aliphatic carbocycles. The van der Waals surface area contributed by atoms with Crippen molar-refractivity contribution in [2.24, 2.45) is 0 Å². The van der Waals surface area contributed by atoms with Crippen molar-refractivity contribution >= 4 is 23.4 Å². The lowest BCUT2D eigenvalue weighted by atomic mass is 10.0. The molecule has 0 amide bonds. The standard InChI is InChI=1S/C13H15N3O4S/c1-5-3-14-12-7(15-5)2-6(13(21)16-12)11-10(19)9(18)8(4-17)20-11/h2-3,8-11,17-19H,4H2,1H3,(H,14,16,21). The first kappa shape index (κ1) is 14.5. The van der Waals surface area contributed by atoms with Gasteiger partial charge in [0, 0.05) is 5.56 Å². The summed E-state index contributed by atoms with van der Waals surface area (Å²) in [5, 5.41) is 29.1. The maximum Gasteiger partial charge on any atom is 0.157 e. The van der Waals surface area contributed by atoms with Crippen LogP contribution in [0.3, 0.4) is 0 Å². The highest BCUT2D eigenvalue weighted by molar-refractivity contribution is 7.71. The Balaban J connectivity index is 2.08. The molecule has 4 atom stereocenters. The van der Waals surface area contributed by atoms with Gasteiger partial charge in [-0.15, -0.1) is 0 Å². The third-order valence-electron chi connectivity index (χ3n) is 3.56. The van der Waals surface area contributed by atoms with Gasteiger partial charge in [0.25, 0.3) is 0 Å². The molecule has 112 valence electrons. The van der Waals surface area contributed by atoms with Crippen molar-refractivity contribution in [3.05, 3.63) is 28.2 Å². The minimum absolute atomic E-state index is 0.357. The third kappa shape index (κ3) is 2.45. The van der Waals surface area contributed by atoms with Crippen LogP contribution < -0.4 is 0 Å². The minimum Gasteiger partial charge on any atom is -0.394 e. The van der Waals surface area contributed by atoms with Gasteiger partial charge in [0.15, 0.2) is 5.65 Å². The van der Waals surface area contributed by atoms with Gasteiger partial charge in [0.1, 0.15) is 34.6 Å². The normalized spacial score (nSPS) is 29.1. The number of fused-ring (bicyclic) bond motifs is 1. The lowest BCUT2D eigenvalue weighted by Gasteiger charge is -2.15. The average molecular weight is 309 g/mol. The summed E-state index contributed by atoms with van der Waals surface area (Å²) in [5.74, 6) is 0. The Morgan fingerprint density at radius 3 is 2.81 bits per heavy atom. The molecule has 21 heavy (non-hydrogen) atoms. The maximum atomic E-state index is 10.1. The number of aliphatic hydroxyl groups is 3. The molecule has 2 aromatic heterocycles. The van der Waals surface area contributed by atoms with Crippen molar-refractivity contribution in [1.82, 2.24) is 15.0 Å². The highest BCUT2D eigenvalue weighted by atomic mass is 32.1. The molecule has 2 aromatic rings. The van der Waals surface area contributed by atoms with Crippen LogP contribution in [0.2, 0.25) is 0 Å². The minimum atomic E-state index is -1.16. The van der Waals surface area contributed by atoms with Gasteiger partial charge in [-0.2, -0.15) is 0 Å². The van der Waals surface area contributed by atoms with E-state index in [1.54, 1.807) is 12.3 Å². The molecule has 4 N–H and O–H groups in total. The fraction of sp³-hybridized carbons (Fsp3) is 0.462. The Morgan fingerprint density at radius 2 is 2.14 bits per heavy atom. The predicted octanol–water partition coefficient (Wildman–Crippen LogP) is 0.150. The van der Waals surface area contributed by atoms with E-state index in [-0.39, 0.29) is 6.61 Å². The Labute approximate surface area is 125 Å². The van der Waals surface area contributed by atoms with Crippen LogP contribution in [0.15, 0.2) is 12.3 Å². The Hall–Kier alpha value is -1.45. The molecule has 8 heteroatoms. The molecule has 4 unspecified atom stereocenters. The van der Waals surface area contributed by atoms with Crippen molar-refractivity contribution in [3.63, 3.8) is 0 Å². The number of nitrogens with zero attached hydrogens (tertiary/aromatic N) is 2. The number of rotatable bonds is 2. The van der Waals surface area contributed by atoms with E-state index in [4.69, 9.17) is 22.1 Å². The largest absolute Gasteiger partial charge is 0.394 e. The number of aliphatic hydroxyl groups excluding tert-OH is 3. The van der Waals surface area contributed by atoms with Crippen molar-refractivity contribution in [2.75, 3.05) is 6.61 Å². The van der Waals surface area contributed by atoms with Crippen molar-refractivity contribution in [1.29, 1.82) is 0 Å². The van der Waals surface area contributed by atoms with Crippen LogP contribution in [0.4, 0.5) is 0 Å². The number of aromatic amines is 1. The molecule has 3 heterocycles. The molecule has 1 saturated heterocycles. The van der Waals surface area contributed by atoms with Gasteiger partial charge in [0.05, 0.1) is 18.5 Å². The number of pyridine rings is 1. The summed E-state index contributed by atoms with van der Waals surface area (Å²) in [5.41, 5.74) is 2.40. The SMILES string of the molecule is Cc1cnc2[nH]c(=S)c(C3OC(CO)C(O)C3O)cc2n1. The van der Waals surface area contributed by atoms with Crippen LogP contribution in [0.5, 0.6) is 0 Å². The lowest BCUT2D eigenvalue weighted by molar-refractivity contribution is -0.0229. The zero-order chi connectivity index (χ0) is 15.1. The maximum absolute atomic E-state index is 10.1. The molecule has 0 bridgehead atoms. The van der Waals surface area contributed by atoms with Crippen LogP contribution in [0, 0.1) is 11.6 Å². The van der Waals surface area contributed by atoms with Crippen molar-refractivity contribution in [2.45, 2.75) is 31.3 Å². The topological polar surface area (TPSA) is 111 Å². The van der Waals surface area contributed by atoms with E-state index in [9.17, 15) is 10.2 Å². The average Bonchev–Trinajstić information content (AvgIpc) is 2.75. The van der Waals surface area contributed by atoms with Gasteiger partial charge in [0.2, 0.25) is 0 Å². The van der Waals surface area contributed by atoms with E-state index < -0.39 is 24.4 Å². The number of aromatic nitrogens is 3. The second-order valence-corrected chi connectivity index (χ2v) is 5.47. The molecular weight excluding hydrogens is 294 g/mol. The molecule has 0 spiro atoms. The molecule has 7 nitrogen and oxygen atoms in total. The highest BCUT2D eigenvalue weighted by Crippen LogP contribution is 2.34. The highest BCUT2D eigenvalue weighted by Gasteiger charge is 2.43. The number of hydrogen-bond acceptors (Lipinski definition) is 7. The van der Waals surface area contributed by atoms with Crippen LogP contribution in [-0.2, 0) is 4.74 Å². The fourth-order valence-corrected chi connectivity index (χ4v) is 2.73. The summed E-state index contributed by atoms with van der Waals surface area (Å²) in [7, 11) is 0. The van der Waals surface area contributed by atoms with Gasteiger partial charge in [-0.05, 0) is 13.0 Å². The lowest BCUT2D eigenvalue weighted by Crippen LogP contribution is -2.32. The number of hydrogen-bond donors (Lipinski definition) is 4. The summed E-state index contributed by atoms with van der Waals surface area (Å²) in [6, 6.07) is 1.69. The second kappa shape index (κ2) is 5.39. The van der Waals surface area contributed by atoms with Gasteiger partial charge < -0.3 is 25.0 Å². The second-order valence-electron chi connectivity index (χ2n) is 5.06. The quantitative estimate of drug-likeness (QED) is 0.584. The molecule has 1 fully saturated rings. The van der Waals surface area contributed by atoms with Crippen LogP contribution >= 0.6 is 12.2 Å².